The first kappa shape index (κ1) is 13.9. The maximum Gasteiger partial charge on any atom is 0.287 e. The Bertz CT molecular complexity index is 602. The highest BCUT2D eigenvalue weighted by Gasteiger charge is 2.28. The fourth-order valence-electron chi connectivity index (χ4n) is 2.67. The quantitative estimate of drug-likeness (QED) is 0.887. The lowest BCUT2D eigenvalue weighted by Gasteiger charge is -2.33. The Balaban J connectivity index is 1.69. The molecular formula is C17H20N2O2. The molecule has 0 bridgehead atoms. The molecule has 0 saturated heterocycles. The molecule has 0 spiro atoms. The first-order valence-corrected chi connectivity index (χ1v) is 7.44. The molecule has 1 aromatic carbocycles. The molecule has 1 saturated carbocycles. The Morgan fingerprint density at radius 3 is 2.62 bits per heavy atom. The summed E-state index contributed by atoms with van der Waals surface area (Å²) in [7, 11) is 0. The molecule has 1 amide bonds. The van der Waals surface area contributed by atoms with E-state index in [0.717, 1.165) is 18.4 Å². The Kier molecular flexibility index (Phi) is 4.06. The first-order chi connectivity index (χ1) is 10.3. The topological polar surface area (TPSA) is 68.3 Å². The van der Waals surface area contributed by atoms with Crippen molar-refractivity contribution in [2.75, 3.05) is 6.54 Å². The van der Waals surface area contributed by atoms with Crippen molar-refractivity contribution in [1.29, 1.82) is 0 Å². The van der Waals surface area contributed by atoms with Crippen LogP contribution in [0.3, 0.4) is 0 Å². The highest BCUT2D eigenvalue weighted by Crippen LogP contribution is 2.29. The fourth-order valence-corrected chi connectivity index (χ4v) is 2.67. The molecule has 110 valence electrons. The van der Waals surface area contributed by atoms with Crippen LogP contribution in [0.1, 0.15) is 29.8 Å². The highest BCUT2D eigenvalue weighted by atomic mass is 16.3. The summed E-state index contributed by atoms with van der Waals surface area (Å²) in [6.07, 6.45) is 3.53. The van der Waals surface area contributed by atoms with Gasteiger partial charge in [0, 0.05) is 18.2 Å². The molecule has 1 heterocycles. The maximum absolute atomic E-state index is 12.2. The number of rotatable bonds is 5. The van der Waals surface area contributed by atoms with Crippen molar-refractivity contribution in [3.63, 3.8) is 0 Å². The van der Waals surface area contributed by atoms with Crippen LogP contribution < -0.4 is 11.1 Å². The molecule has 0 aliphatic heterocycles. The van der Waals surface area contributed by atoms with E-state index in [9.17, 15) is 4.79 Å². The average molecular weight is 284 g/mol. The monoisotopic (exact) mass is 284 g/mol. The fraction of sp³-hybridized carbons (Fsp3) is 0.353. The van der Waals surface area contributed by atoms with E-state index in [-0.39, 0.29) is 11.9 Å². The standard InChI is InChI=1S/C17H20N2O2/c18-11-14(12-7-4-8-12)19-17(20)16-10-9-15(21-16)13-5-2-1-3-6-13/h1-3,5-6,9-10,12,14H,4,7-8,11,18H2,(H,19,20). The van der Waals surface area contributed by atoms with Crippen molar-refractivity contribution < 1.29 is 9.21 Å². The van der Waals surface area contributed by atoms with Gasteiger partial charge >= 0.3 is 0 Å². The molecule has 1 atom stereocenters. The summed E-state index contributed by atoms with van der Waals surface area (Å²) in [5.74, 6) is 1.38. The third kappa shape index (κ3) is 3.00. The summed E-state index contributed by atoms with van der Waals surface area (Å²) in [4.78, 5) is 12.2. The van der Waals surface area contributed by atoms with E-state index in [1.54, 1.807) is 6.07 Å². The molecule has 3 N–H and O–H groups in total. The van der Waals surface area contributed by atoms with Crippen LogP contribution in [-0.4, -0.2) is 18.5 Å². The number of hydrogen-bond acceptors (Lipinski definition) is 3. The number of nitrogens with one attached hydrogen (secondary N) is 1. The lowest BCUT2D eigenvalue weighted by Crippen LogP contribution is -2.47. The molecule has 2 aromatic rings. The van der Waals surface area contributed by atoms with Crippen molar-refractivity contribution in [3.8, 4) is 11.3 Å². The third-order valence-corrected chi connectivity index (χ3v) is 4.18. The number of hydrogen-bond donors (Lipinski definition) is 2. The maximum atomic E-state index is 12.2. The van der Waals surface area contributed by atoms with Gasteiger partial charge in [-0.1, -0.05) is 36.8 Å². The van der Waals surface area contributed by atoms with Crippen LogP contribution in [0, 0.1) is 5.92 Å². The van der Waals surface area contributed by atoms with Crippen molar-refractivity contribution in [2.24, 2.45) is 11.7 Å². The molecule has 4 nitrogen and oxygen atoms in total. The predicted molar refractivity (Wildman–Crippen MR) is 81.8 cm³/mol. The van der Waals surface area contributed by atoms with E-state index in [1.807, 2.05) is 36.4 Å². The van der Waals surface area contributed by atoms with Crippen LogP contribution in [0.25, 0.3) is 11.3 Å². The third-order valence-electron chi connectivity index (χ3n) is 4.18. The van der Waals surface area contributed by atoms with Crippen LogP contribution in [-0.2, 0) is 0 Å². The zero-order chi connectivity index (χ0) is 14.7. The zero-order valence-electron chi connectivity index (χ0n) is 11.9. The van der Waals surface area contributed by atoms with E-state index < -0.39 is 0 Å². The van der Waals surface area contributed by atoms with Crippen molar-refractivity contribution in [2.45, 2.75) is 25.3 Å². The van der Waals surface area contributed by atoms with Crippen LogP contribution in [0.5, 0.6) is 0 Å². The van der Waals surface area contributed by atoms with Gasteiger partial charge < -0.3 is 15.5 Å². The summed E-state index contributed by atoms with van der Waals surface area (Å²) >= 11 is 0. The lowest BCUT2D eigenvalue weighted by atomic mass is 9.79. The normalized spacial score (nSPS) is 16.2. The number of carbonyl (C=O) groups is 1. The van der Waals surface area contributed by atoms with Crippen LogP contribution in [0.15, 0.2) is 46.9 Å². The molecule has 21 heavy (non-hydrogen) atoms. The van der Waals surface area contributed by atoms with Crippen LogP contribution in [0.2, 0.25) is 0 Å². The summed E-state index contributed by atoms with van der Waals surface area (Å²) in [5, 5.41) is 2.99. The van der Waals surface area contributed by atoms with E-state index in [0.29, 0.717) is 24.0 Å². The summed E-state index contributed by atoms with van der Waals surface area (Å²) in [6, 6.07) is 13.3. The molecule has 1 fully saturated rings. The lowest BCUT2D eigenvalue weighted by molar-refractivity contribution is 0.0877. The first-order valence-electron chi connectivity index (χ1n) is 7.44. The predicted octanol–water partition coefficient (Wildman–Crippen LogP) is 2.80. The summed E-state index contributed by atoms with van der Waals surface area (Å²) in [6.45, 7) is 0.475. The van der Waals surface area contributed by atoms with Crippen LogP contribution >= 0.6 is 0 Å². The minimum Gasteiger partial charge on any atom is -0.451 e. The van der Waals surface area contributed by atoms with Gasteiger partial charge in [-0.3, -0.25) is 4.79 Å². The Labute approximate surface area is 124 Å². The number of nitrogens with two attached hydrogens (primary N) is 1. The Hall–Kier alpha value is -2.07. The molecule has 1 aliphatic carbocycles. The second kappa shape index (κ2) is 6.14. The van der Waals surface area contributed by atoms with Crippen LogP contribution in [0.4, 0.5) is 0 Å². The van der Waals surface area contributed by atoms with E-state index in [4.69, 9.17) is 10.2 Å². The van der Waals surface area contributed by atoms with E-state index in [2.05, 4.69) is 5.32 Å². The van der Waals surface area contributed by atoms with Crippen molar-refractivity contribution in [3.05, 3.63) is 48.2 Å². The largest absolute Gasteiger partial charge is 0.451 e. The Morgan fingerprint density at radius 1 is 1.24 bits per heavy atom. The van der Waals surface area contributed by atoms with E-state index >= 15 is 0 Å². The van der Waals surface area contributed by atoms with Gasteiger partial charge in [0.05, 0.1) is 0 Å². The van der Waals surface area contributed by atoms with Crippen molar-refractivity contribution >= 4 is 5.91 Å². The number of furan rings is 1. The summed E-state index contributed by atoms with van der Waals surface area (Å²) in [5.41, 5.74) is 6.72. The zero-order valence-corrected chi connectivity index (χ0v) is 11.9. The molecule has 4 heteroatoms. The van der Waals surface area contributed by atoms with Gasteiger partial charge in [-0.2, -0.15) is 0 Å². The Morgan fingerprint density at radius 2 is 2.00 bits per heavy atom. The van der Waals surface area contributed by atoms with Gasteiger partial charge in [0.2, 0.25) is 0 Å². The summed E-state index contributed by atoms with van der Waals surface area (Å²) < 4.78 is 5.66. The van der Waals surface area contributed by atoms with Gasteiger partial charge in [-0.25, -0.2) is 0 Å². The van der Waals surface area contributed by atoms with Gasteiger partial charge in [-0.05, 0) is 30.9 Å². The second-order valence-electron chi connectivity index (χ2n) is 5.54. The molecule has 1 unspecified atom stereocenters. The average Bonchev–Trinajstić information content (AvgIpc) is 2.95. The smallest absolute Gasteiger partial charge is 0.287 e. The molecule has 0 radical (unpaired) electrons. The van der Waals surface area contributed by atoms with E-state index in [1.165, 1.54) is 6.42 Å². The van der Waals surface area contributed by atoms with Gasteiger partial charge in [0.15, 0.2) is 5.76 Å². The van der Waals surface area contributed by atoms with Gasteiger partial charge in [0.25, 0.3) is 5.91 Å². The highest BCUT2D eigenvalue weighted by molar-refractivity contribution is 5.92. The van der Waals surface area contributed by atoms with Gasteiger partial charge in [0.1, 0.15) is 5.76 Å². The SMILES string of the molecule is NCC(NC(=O)c1ccc(-c2ccccc2)o1)C1CCC1. The second-order valence-corrected chi connectivity index (χ2v) is 5.54. The minimum absolute atomic E-state index is 0.0523. The van der Waals surface area contributed by atoms with Gasteiger partial charge in [-0.15, -0.1) is 0 Å². The van der Waals surface area contributed by atoms with Crippen molar-refractivity contribution in [1.82, 2.24) is 5.32 Å². The number of benzene rings is 1. The molecule has 1 aliphatic rings. The number of carbonyl (C=O) groups excluding carboxylic acids is 1. The molecule has 3 rings (SSSR count). The molecular weight excluding hydrogens is 264 g/mol. The number of amides is 1. The minimum atomic E-state index is -0.181. The molecule has 1 aromatic heterocycles.